The van der Waals surface area contributed by atoms with Crippen LogP contribution in [0.5, 0.6) is 0 Å². The van der Waals surface area contributed by atoms with Crippen LogP contribution in [0, 0.1) is 5.92 Å². The number of piperidine rings is 1. The molecule has 1 aromatic heterocycles. The highest BCUT2D eigenvalue weighted by Crippen LogP contribution is 2.26. The molecule has 1 aliphatic heterocycles. The lowest BCUT2D eigenvalue weighted by atomic mass is 9.86. The van der Waals surface area contributed by atoms with Crippen LogP contribution < -0.4 is 10.2 Å². The molecule has 0 bridgehead atoms. The maximum atomic E-state index is 12.5. The lowest BCUT2D eigenvalue weighted by Gasteiger charge is -2.28. The summed E-state index contributed by atoms with van der Waals surface area (Å²) < 4.78 is 0. The Labute approximate surface area is 154 Å². The summed E-state index contributed by atoms with van der Waals surface area (Å²) in [6.07, 6.45) is 8.18. The highest BCUT2D eigenvalue weighted by Gasteiger charge is 2.26. The first-order chi connectivity index (χ1) is 12.8. The standard InChI is InChI=1S/C21H26N4O/c26-20(22-14-16-7-3-1-4-8-16)17-9-10-19-18(13-17)15-23-21(24-19)25-11-5-2-6-12-25/h1,3-4,7-8,15,17H,2,5-6,9-14H2,(H,22,26). The first-order valence-electron chi connectivity index (χ1n) is 9.71. The van der Waals surface area contributed by atoms with Crippen LogP contribution in [0.15, 0.2) is 36.5 Å². The third-order valence-corrected chi connectivity index (χ3v) is 5.46. The molecule has 136 valence electrons. The number of aromatic nitrogens is 2. The van der Waals surface area contributed by atoms with Crippen molar-refractivity contribution in [2.24, 2.45) is 5.92 Å². The Morgan fingerprint density at radius 1 is 1.15 bits per heavy atom. The van der Waals surface area contributed by atoms with E-state index in [1.807, 2.05) is 36.5 Å². The van der Waals surface area contributed by atoms with Gasteiger partial charge in [-0.25, -0.2) is 9.97 Å². The summed E-state index contributed by atoms with van der Waals surface area (Å²) in [5.41, 5.74) is 3.40. The molecule has 1 N–H and O–H groups in total. The van der Waals surface area contributed by atoms with Crippen molar-refractivity contribution in [3.63, 3.8) is 0 Å². The fourth-order valence-corrected chi connectivity index (χ4v) is 3.90. The first-order valence-corrected chi connectivity index (χ1v) is 9.71. The fraction of sp³-hybridized carbons (Fsp3) is 0.476. The topological polar surface area (TPSA) is 58.1 Å². The van der Waals surface area contributed by atoms with Crippen LogP contribution in [0.1, 0.15) is 42.5 Å². The molecule has 1 saturated heterocycles. The van der Waals surface area contributed by atoms with E-state index >= 15 is 0 Å². The van der Waals surface area contributed by atoms with E-state index in [9.17, 15) is 4.79 Å². The van der Waals surface area contributed by atoms with E-state index in [1.165, 1.54) is 19.3 Å². The number of fused-ring (bicyclic) bond motifs is 1. The highest BCUT2D eigenvalue weighted by atomic mass is 16.1. The van der Waals surface area contributed by atoms with Crippen LogP contribution in [-0.4, -0.2) is 29.0 Å². The molecule has 1 aliphatic carbocycles. The number of amides is 1. The average molecular weight is 350 g/mol. The van der Waals surface area contributed by atoms with Crippen molar-refractivity contribution in [1.29, 1.82) is 0 Å². The molecule has 26 heavy (non-hydrogen) atoms. The molecule has 1 fully saturated rings. The van der Waals surface area contributed by atoms with Crippen molar-refractivity contribution >= 4 is 11.9 Å². The lowest BCUT2D eigenvalue weighted by Crippen LogP contribution is -2.35. The van der Waals surface area contributed by atoms with Gasteiger partial charge in [0, 0.05) is 37.4 Å². The molecule has 0 saturated carbocycles. The molecular formula is C21H26N4O. The molecule has 1 unspecified atom stereocenters. The predicted octanol–water partition coefficient (Wildman–Crippen LogP) is 2.89. The van der Waals surface area contributed by atoms with Gasteiger partial charge in [0.15, 0.2) is 0 Å². The van der Waals surface area contributed by atoms with Gasteiger partial charge in [0.2, 0.25) is 11.9 Å². The van der Waals surface area contributed by atoms with E-state index in [2.05, 4.69) is 15.2 Å². The highest BCUT2D eigenvalue weighted by molar-refractivity contribution is 5.79. The Balaban J connectivity index is 1.37. The number of hydrogen-bond donors (Lipinski definition) is 1. The van der Waals surface area contributed by atoms with Gasteiger partial charge >= 0.3 is 0 Å². The summed E-state index contributed by atoms with van der Waals surface area (Å²) in [7, 11) is 0. The van der Waals surface area contributed by atoms with Gasteiger partial charge in [-0.3, -0.25) is 4.79 Å². The minimum Gasteiger partial charge on any atom is -0.352 e. The summed E-state index contributed by atoms with van der Waals surface area (Å²) in [5, 5.41) is 3.07. The smallest absolute Gasteiger partial charge is 0.225 e. The summed E-state index contributed by atoms with van der Waals surface area (Å²) in [6, 6.07) is 10.0. The SMILES string of the molecule is O=C(NCc1ccccc1)C1CCc2nc(N3CCCCC3)ncc2C1. The average Bonchev–Trinajstić information content (AvgIpc) is 2.72. The largest absolute Gasteiger partial charge is 0.352 e. The van der Waals surface area contributed by atoms with Crippen molar-refractivity contribution in [3.8, 4) is 0 Å². The van der Waals surface area contributed by atoms with Gasteiger partial charge in [-0.05, 0) is 49.7 Å². The lowest BCUT2D eigenvalue weighted by molar-refractivity contribution is -0.125. The van der Waals surface area contributed by atoms with Crippen LogP contribution in [-0.2, 0) is 24.2 Å². The van der Waals surface area contributed by atoms with Crippen molar-refractivity contribution in [2.75, 3.05) is 18.0 Å². The number of carbonyl (C=O) groups excluding carboxylic acids is 1. The molecule has 0 radical (unpaired) electrons. The third-order valence-electron chi connectivity index (χ3n) is 5.46. The van der Waals surface area contributed by atoms with Crippen molar-refractivity contribution < 1.29 is 4.79 Å². The minimum atomic E-state index is 0.0237. The third kappa shape index (κ3) is 3.87. The Kier molecular flexibility index (Phi) is 5.14. The number of nitrogens with zero attached hydrogens (tertiary/aromatic N) is 3. The van der Waals surface area contributed by atoms with Gasteiger partial charge in [-0.15, -0.1) is 0 Å². The zero-order valence-electron chi connectivity index (χ0n) is 15.2. The number of rotatable bonds is 4. The van der Waals surface area contributed by atoms with Crippen LogP contribution in [0.3, 0.4) is 0 Å². The Hall–Kier alpha value is -2.43. The molecule has 1 amide bonds. The maximum absolute atomic E-state index is 12.5. The zero-order valence-corrected chi connectivity index (χ0v) is 15.2. The van der Waals surface area contributed by atoms with Crippen LogP contribution >= 0.6 is 0 Å². The molecule has 1 atom stereocenters. The molecule has 0 spiro atoms. The van der Waals surface area contributed by atoms with Crippen molar-refractivity contribution in [3.05, 3.63) is 53.3 Å². The van der Waals surface area contributed by atoms with Gasteiger partial charge in [-0.1, -0.05) is 30.3 Å². The first kappa shape index (κ1) is 17.0. The van der Waals surface area contributed by atoms with Gasteiger partial charge < -0.3 is 10.2 Å². The molecule has 2 heterocycles. The van der Waals surface area contributed by atoms with Crippen LogP contribution in [0.2, 0.25) is 0 Å². The molecule has 4 rings (SSSR count). The number of hydrogen-bond acceptors (Lipinski definition) is 4. The van der Waals surface area contributed by atoms with Gasteiger partial charge in [0.25, 0.3) is 0 Å². The second-order valence-corrected chi connectivity index (χ2v) is 7.33. The van der Waals surface area contributed by atoms with E-state index in [0.29, 0.717) is 6.54 Å². The molecule has 5 nitrogen and oxygen atoms in total. The Bertz CT molecular complexity index is 756. The Morgan fingerprint density at radius 3 is 2.77 bits per heavy atom. The predicted molar refractivity (Wildman–Crippen MR) is 102 cm³/mol. The number of anilines is 1. The minimum absolute atomic E-state index is 0.0237. The van der Waals surface area contributed by atoms with Crippen LogP contribution in [0.4, 0.5) is 5.95 Å². The summed E-state index contributed by atoms with van der Waals surface area (Å²) in [5.74, 6) is 1.03. The molecule has 2 aromatic rings. The second kappa shape index (κ2) is 7.85. The van der Waals surface area contributed by atoms with Crippen molar-refractivity contribution in [1.82, 2.24) is 15.3 Å². The maximum Gasteiger partial charge on any atom is 0.225 e. The zero-order chi connectivity index (χ0) is 17.8. The Morgan fingerprint density at radius 2 is 1.96 bits per heavy atom. The number of carbonyl (C=O) groups is 1. The van der Waals surface area contributed by atoms with E-state index in [4.69, 9.17) is 4.98 Å². The van der Waals surface area contributed by atoms with Gasteiger partial charge in [-0.2, -0.15) is 0 Å². The normalized spacial score (nSPS) is 19.7. The molecule has 2 aliphatic rings. The molecular weight excluding hydrogens is 324 g/mol. The fourth-order valence-electron chi connectivity index (χ4n) is 3.90. The molecule has 5 heteroatoms. The monoisotopic (exact) mass is 350 g/mol. The number of aryl methyl sites for hydroxylation is 1. The van der Waals surface area contributed by atoms with Crippen LogP contribution in [0.25, 0.3) is 0 Å². The summed E-state index contributed by atoms with van der Waals surface area (Å²) in [6.45, 7) is 2.71. The van der Waals surface area contributed by atoms with Gasteiger partial charge in [0.1, 0.15) is 0 Å². The number of nitrogens with one attached hydrogen (secondary N) is 1. The summed E-state index contributed by atoms with van der Waals surface area (Å²) >= 11 is 0. The van der Waals surface area contributed by atoms with E-state index in [-0.39, 0.29) is 11.8 Å². The summed E-state index contributed by atoms with van der Waals surface area (Å²) in [4.78, 5) is 24.2. The van der Waals surface area contributed by atoms with E-state index in [0.717, 1.165) is 55.1 Å². The second-order valence-electron chi connectivity index (χ2n) is 7.33. The number of benzene rings is 1. The molecule has 1 aromatic carbocycles. The van der Waals surface area contributed by atoms with Crippen molar-refractivity contribution in [2.45, 2.75) is 45.1 Å². The van der Waals surface area contributed by atoms with Gasteiger partial charge in [0.05, 0.1) is 0 Å². The quantitative estimate of drug-likeness (QED) is 0.921. The van der Waals surface area contributed by atoms with E-state index in [1.54, 1.807) is 0 Å². The van der Waals surface area contributed by atoms with E-state index < -0.39 is 0 Å².